The summed E-state index contributed by atoms with van der Waals surface area (Å²) in [5, 5.41) is 14.3. The molecular formula is C16H25N3O2. The average molecular weight is 291 g/mol. The first kappa shape index (κ1) is 15.8. The van der Waals surface area contributed by atoms with Gasteiger partial charge in [-0.25, -0.2) is 0 Å². The van der Waals surface area contributed by atoms with Crippen molar-refractivity contribution in [3.63, 3.8) is 0 Å². The zero-order valence-corrected chi connectivity index (χ0v) is 13.0. The smallest absolute Gasteiger partial charge is 0.292 e. The molecule has 1 aliphatic rings. The normalized spacial score (nSPS) is 16.9. The second-order valence-electron chi connectivity index (χ2n) is 5.99. The number of hydrogen-bond acceptors (Lipinski definition) is 4. The molecule has 0 aromatic heterocycles. The first-order chi connectivity index (χ1) is 10.1. The molecule has 0 aliphatic carbocycles. The molecule has 1 N–H and O–H groups in total. The molecule has 0 saturated carbocycles. The zero-order valence-electron chi connectivity index (χ0n) is 13.0. The predicted octanol–water partition coefficient (Wildman–Crippen LogP) is 3.65. The van der Waals surface area contributed by atoms with E-state index in [-0.39, 0.29) is 10.6 Å². The van der Waals surface area contributed by atoms with Crippen LogP contribution in [0.5, 0.6) is 0 Å². The fraction of sp³-hybridized carbons (Fsp3) is 0.625. The molecule has 21 heavy (non-hydrogen) atoms. The second-order valence-corrected chi connectivity index (χ2v) is 5.99. The molecule has 1 fully saturated rings. The molecule has 2 rings (SSSR count). The van der Waals surface area contributed by atoms with E-state index in [1.54, 1.807) is 6.07 Å². The molecule has 0 amide bonds. The Morgan fingerprint density at radius 2 is 2.10 bits per heavy atom. The molecule has 5 heteroatoms. The van der Waals surface area contributed by atoms with E-state index in [9.17, 15) is 10.1 Å². The van der Waals surface area contributed by atoms with Crippen LogP contribution in [0.4, 0.5) is 11.4 Å². The van der Waals surface area contributed by atoms with E-state index in [1.807, 2.05) is 19.1 Å². The van der Waals surface area contributed by atoms with Crippen LogP contribution in [0.3, 0.4) is 0 Å². The van der Waals surface area contributed by atoms with Crippen LogP contribution in [-0.2, 0) is 6.54 Å². The van der Waals surface area contributed by atoms with Crippen molar-refractivity contribution in [3.05, 3.63) is 33.9 Å². The summed E-state index contributed by atoms with van der Waals surface area (Å²) in [4.78, 5) is 13.3. The van der Waals surface area contributed by atoms with Gasteiger partial charge in [0.1, 0.15) is 5.69 Å². The minimum Gasteiger partial charge on any atom is -0.380 e. The van der Waals surface area contributed by atoms with Gasteiger partial charge in [-0.05, 0) is 49.9 Å². The van der Waals surface area contributed by atoms with Gasteiger partial charge in [0.25, 0.3) is 5.69 Å². The van der Waals surface area contributed by atoms with Crippen LogP contribution in [0.15, 0.2) is 18.2 Å². The Balaban J connectivity index is 2.06. The van der Waals surface area contributed by atoms with E-state index in [2.05, 4.69) is 17.1 Å². The summed E-state index contributed by atoms with van der Waals surface area (Å²) in [6.45, 7) is 8.07. The van der Waals surface area contributed by atoms with Gasteiger partial charge in [0, 0.05) is 19.2 Å². The van der Waals surface area contributed by atoms with Gasteiger partial charge in [0.2, 0.25) is 0 Å². The number of nitrogens with one attached hydrogen (secondary N) is 1. The Labute approximate surface area is 126 Å². The average Bonchev–Trinajstić information content (AvgIpc) is 2.48. The number of piperidine rings is 1. The quantitative estimate of drug-likeness (QED) is 0.642. The maximum atomic E-state index is 11.2. The van der Waals surface area contributed by atoms with E-state index in [4.69, 9.17) is 0 Å². The number of nitrogens with zero attached hydrogens (tertiary/aromatic N) is 2. The Morgan fingerprint density at radius 1 is 1.38 bits per heavy atom. The van der Waals surface area contributed by atoms with Crippen molar-refractivity contribution in [2.24, 2.45) is 5.92 Å². The number of nitro benzene ring substituents is 1. The van der Waals surface area contributed by atoms with Gasteiger partial charge in [-0.2, -0.15) is 0 Å². The molecule has 116 valence electrons. The molecule has 1 saturated heterocycles. The Kier molecular flexibility index (Phi) is 5.56. The van der Waals surface area contributed by atoms with Crippen molar-refractivity contribution in [3.8, 4) is 0 Å². The molecular weight excluding hydrogens is 266 g/mol. The monoisotopic (exact) mass is 291 g/mol. The Bertz CT molecular complexity index is 482. The minimum absolute atomic E-state index is 0.186. The lowest BCUT2D eigenvalue weighted by atomic mass is 9.99. The Hall–Kier alpha value is -1.62. The van der Waals surface area contributed by atoms with Crippen molar-refractivity contribution in [1.82, 2.24) is 4.90 Å². The topological polar surface area (TPSA) is 58.4 Å². The van der Waals surface area contributed by atoms with Gasteiger partial charge in [-0.15, -0.1) is 0 Å². The Morgan fingerprint density at radius 3 is 2.71 bits per heavy atom. The van der Waals surface area contributed by atoms with E-state index in [0.717, 1.165) is 44.1 Å². The van der Waals surface area contributed by atoms with Crippen LogP contribution in [0, 0.1) is 16.0 Å². The highest BCUT2D eigenvalue weighted by Gasteiger charge is 2.18. The fourth-order valence-electron chi connectivity index (χ4n) is 2.71. The highest BCUT2D eigenvalue weighted by atomic mass is 16.6. The summed E-state index contributed by atoms with van der Waals surface area (Å²) in [5.41, 5.74) is 1.84. The van der Waals surface area contributed by atoms with E-state index >= 15 is 0 Å². The highest BCUT2D eigenvalue weighted by molar-refractivity contribution is 5.62. The number of nitro groups is 1. The molecule has 1 heterocycles. The van der Waals surface area contributed by atoms with Gasteiger partial charge in [-0.1, -0.05) is 19.9 Å². The van der Waals surface area contributed by atoms with Crippen LogP contribution in [0.2, 0.25) is 0 Å². The largest absolute Gasteiger partial charge is 0.380 e. The van der Waals surface area contributed by atoms with Crippen LogP contribution in [0.1, 0.15) is 38.7 Å². The van der Waals surface area contributed by atoms with Crippen LogP contribution in [0.25, 0.3) is 0 Å². The van der Waals surface area contributed by atoms with Crippen molar-refractivity contribution >= 4 is 11.4 Å². The summed E-state index contributed by atoms with van der Waals surface area (Å²) in [7, 11) is 0. The molecule has 0 unspecified atom stereocenters. The third-order valence-corrected chi connectivity index (χ3v) is 4.11. The third-order valence-electron chi connectivity index (χ3n) is 4.11. The molecule has 0 bridgehead atoms. The SMILES string of the molecule is CCCNc1ccc(CN2CCC(C)CC2)cc1[N+](=O)[O-]. The highest BCUT2D eigenvalue weighted by Crippen LogP contribution is 2.27. The molecule has 0 radical (unpaired) electrons. The molecule has 1 aromatic carbocycles. The van der Waals surface area contributed by atoms with Gasteiger partial charge in [0.15, 0.2) is 0 Å². The number of likely N-dealkylation sites (tertiary alicyclic amines) is 1. The van der Waals surface area contributed by atoms with Crippen LogP contribution in [-0.4, -0.2) is 29.5 Å². The van der Waals surface area contributed by atoms with Gasteiger partial charge in [-0.3, -0.25) is 15.0 Å². The summed E-state index contributed by atoms with van der Waals surface area (Å²) in [5.74, 6) is 0.802. The molecule has 5 nitrogen and oxygen atoms in total. The molecule has 1 aliphatic heterocycles. The second kappa shape index (κ2) is 7.41. The van der Waals surface area contributed by atoms with Crippen LogP contribution >= 0.6 is 0 Å². The fourth-order valence-corrected chi connectivity index (χ4v) is 2.71. The summed E-state index contributed by atoms with van der Waals surface area (Å²) >= 11 is 0. The van der Waals surface area contributed by atoms with Gasteiger partial charge >= 0.3 is 0 Å². The summed E-state index contributed by atoms with van der Waals surface area (Å²) in [6.07, 6.45) is 3.39. The lowest BCUT2D eigenvalue weighted by molar-refractivity contribution is -0.384. The number of benzene rings is 1. The first-order valence-corrected chi connectivity index (χ1v) is 7.83. The maximum Gasteiger partial charge on any atom is 0.292 e. The predicted molar refractivity (Wildman–Crippen MR) is 85.6 cm³/mol. The minimum atomic E-state index is -0.292. The van der Waals surface area contributed by atoms with E-state index < -0.39 is 0 Å². The van der Waals surface area contributed by atoms with Crippen molar-refractivity contribution in [2.45, 2.75) is 39.7 Å². The number of anilines is 1. The van der Waals surface area contributed by atoms with Crippen molar-refractivity contribution < 1.29 is 4.92 Å². The summed E-state index contributed by atoms with van der Waals surface area (Å²) in [6, 6.07) is 5.56. The molecule has 1 aromatic rings. The third kappa shape index (κ3) is 4.43. The number of rotatable bonds is 6. The molecule has 0 atom stereocenters. The maximum absolute atomic E-state index is 11.2. The standard InChI is InChI=1S/C16H25N3O2/c1-3-8-17-15-5-4-14(11-16(15)19(20)21)12-18-9-6-13(2)7-10-18/h4-5,11,13,17H,3,6-10,12H2,1-2H3. The number of hydrogen-bond donors (Lipinski definition) is 1. The van der Waals surface area contributed by atoms with Gasteiger partial charge < -0.3 is 5.32 Å². The zero-order chi connectivity index (χ0) is 15.2. The first-order valence-electron chi connectivity index (χ1n) is 7.83. The van der Waals surface area contributed by atoms with Crippen LogP contribution < -0.4 is 5.32 Å². The van der Waals surface area contributed by atoms with Crippen molar-refractivity contribution in [1.29, 1.82) is 0 Å². The molecule has 0 spiro atoms. The lowest BCUT2D eigenvalue weighted by Crippen LogP contribution is -2.32. The van der Waals surface area contributed by atoms with E-state index in [1.165, 1.54) is 12.8 Å². The lowest BCUT2D eigenvalue weighted by Gasteiger charge is -2.30. The summed E-state index contributed by atoms with van der Waals surface area (Å²) < 4.78 is 0. The van der Waals surface area contributed by atoms with Crippen molar-refractivity contribution in [2.75, 3.05) is 25.0 Å². The van der Waals surface area contributed by atoms with E-state index in [0.29, 0.717) is 5.69 Å². The van der Waals surface area contributed by atoms with Gasteiger partial charge in [0.05, 0.1) is 4.92 Å².